The molecule has 3 rings (SSSR count). The number of β-amino-alcohol motifs (C(OH)–C–C–N with tert-alkyl or cyclic N) is 1. The molecule has 1 aliphatic heterocycles. The standard InChI is InChI=1S/C18H28N4O2/c1-11-3-5-12(6-4-11)21-18(24)14-7-15(19)16(20-2)8-17(14)22-9-13(23)10-22/h7-8,11-13,20,23H,3-6,9-10,19H2,1-2H3,(H,21,24)/t11-,12-. The van der Waals surface area contributed by atoms with Crippen LogP contribution in [0.5, 0.6) is 0 Å². The Labute approximate surface area is 143 Å². The van der Waals surface area contributed by atoms with Crippen molar-refractivity contribution in [2.45, 2.75) is 44.8 Å². The number of aliphatic hydroxyl groups excluding tert-OH is 1. The average Bonchev–Trinajstić information content (AvgIpc) is 2.54. The number of nitrogens with one attached hydrogen (secondary N) is 2. The fraction of sp³-hybridized carbons (Fsp3) is 0.611. The molecule has 1 amide bonds. The molecule has 6 heteroatoms. The normalized spacial score (nSPS) is 24.4. The molecular weight excluding hydrogens is 304 g/mol. The van der Waals surface area contributed by atoms with Crippen LogP contribution in [0.3, 0.4) is 0 Å². The van der Waals surface area contributed by atoms with Gasteiger partial charge in [-0.2, -0.15) is 0 Å². The Balaban J connectivity index is 1.80. The first-order valence-electron chi connectivity index (χ1n) is 8.83. The lowest BCUT2D eigenvalue weighted by Gasteiger charge is -2.39. The summed E-state index contributed by atoms with van der Waals surface area (Å²) in [6, 6.07) is 3.89. The van der Waals surface area contributed by atoms with Gasteiger partial charge in [-0.15, -0.1) is 0 Å². The van der Waals surface area contributed by atoms with Gasteiger partial charge in [0, 0.05) is 26.2 Å². The lowest BCUT2D eigenvalue weighted by atomic mass is 9.87. The topological polar surface area (TPSA) is 90.6 Å². The van der Waals surface area contributed by atoms with E-state index >= 15 is 0 Å². The highest BCUT2D eigenvalue weighted by molar-refractivity contribution is 6.02. The fourth-order valence-corrected chi connectivity index (χ4v) is 3.58. The molecule has 0 atom stereocenters. The molecule has 24 heavy (non-hydrogen) atoms. The Kier molecular flexibility index (Phi) is 4.85. The third kappa shape index (κ3) is 3.43. The van der Waals surface area contributed by atoms with Gasteiger partial charge in [0.15, 0.2) is 0 Å². The zero-order chi connectivity index (χ0) is 17.3. The Hall–Kier alpha value is -1.95. The first kappa shape index (κ1) is 16.9. The maximum absolute atomic E-state index is 12.8. The molecule has 6 nitrogen and oxygen atoms in total. The minimum atomic E-state index is -0.323. The summed E-state index contributed by atoms with van der Waals surface area (Å²) in [5.74, 6) is 0.683. The van der Waals surface area contributed by atoms with E-state index in [4.69, 9.17) is 5.73 Å². The zero-order valence-electron chi connectivity index (χ0n) is 14.5. The average molecular weight is 332 g/mol. The highest BCUT2D eigenvalue weighted by Gasteiger charge is 2.29. The van der Waals surface area contributed by atoms with Crippen LogP contribution in [-0.4, -0.2) is 43.3 Å². The van der Waals surface area contributed by atoms with Gasteiger partial charge in [0.05, 0.1) is 28.7 Å². The van der Waals surface area contributed by atoms with Gasteiger partial charge in [0.2, 0.25) is 0 Å². The number of nitrogen functional groups attached to an aromatic ring is 1. The lowest BCUT2D eigenvalue weighted by Crippen LogP contribution is -2.51. The van der Waals surface area contributed by atoms with E-state index in [2.05, 4.69) is 17.6 Å². The summed E-state index contributed by atoms with van der Waals surface area (Å²) in [7, 11) is 1.81. The van der Waals surface area contributed by atoms with E-state index in [-0.39, 0.29) is 18.1 Å². The number of rotatable bonds is 4. The maximum Gasteiger partial charge on any atom is 0.253 e. The van der Waals surface area contributed by atoms with Crippen molar-refractivity contribution in [1.29, 1.82) is 0 Å². The van der Waals surface area contributed by atoms with Crippen LogP contribution in [0.1, 0.15) is 43.0 Å². The van der Waals surface area contributed by atoms with Gasteiger partial charge >= 0.3 is 0 Å². The lowest BCUT2D eigenvalue weighted by molar-refractivity contribution is 0.0921. The highest BCUT2D eigenvalue weighted by atomic mass is 16.3. The predicted octanol–water partition coefficient (Wildman–Crippen LogP) is 1.80. The van der Waals surface area contributed by atoms with Crippen LogP contribution in [0.15, 0.2) is 12.1 Å². The molecule has 1 saturated heterocycles. The van der Waals surface area contributed by atoms with Gasteiger partial charge in [-0.1, -0.05) is 6.92 Å². The van der Waals surface area contributed by atoms with E-state index in [1.165, 1.54) is 0 Å². The fourth-order valence-electron chi connectivity index (χ4n) is 3.58. The SMILES string of the molecule is CNc1cc(N2CC(O)C2)c(C(=O)N[C@H]2CC[C@H](C)CC2)cc1N. The monoisotopic (exact) mass is 332 g/mol. The van der Waals surface area contributed by atoms with Gasteiger partial charge in [-0.25, -0.2) is 0 Å². The van der Waals surface area contributed by atoms with Gasteiger partial charge < -0.3 is 26.4 Å². The molecule has 0 bridgehead atoms. The van der Waals surface area contributed by atoms with Gasteiger partial charge in [-0.3, -0.25) is 4.79 Å². The third-order valence-corrected chi connectivity index (χ3v) is 5.24. The Morgan fingerprint density at radius 3 is 2.50 bits per heavy atom. The van der Waals surface area contributed by atoms with Gasteiger partial charge in [0.25, 0.3) is 5.91 Å². The van der Waals surface area contributed by atoms with Crippen molar-refractivity contribution in [3.05, 3.63) is 17.7 Å². The van der Waals surface area contributed by atoms with Crippen LogP contribution in [0.25, 0.3) is 0 Å². The van der Waals surface area contributed by atoms with Crippen LogP contribution in [0.4, 0.5) is 17.1 Å². The smallest absolute Gasteiger partial charge is 0.253 e. The molecule has 1 aromatic rings. The van der Waals surface area contributed by atoms with Crippen molar-refractivity contribution in [2.24, 2.45) is 5.92 Å². The van der Waals surface area contributed by atoms with Gasteiger partial charge in [-0.05, 0) is 43.7 Å². The van der Waals surface area contributed by atoms with E-state index < -0.39 is 0 Å². The highest BCUT2D eigenvalue weighted by Crippen LogP contribution is 2.33. The van der Waals surface area contributed by atoms with Gasteiger partial charge in [0.1, 0.15) is 0 Å². The van der Waals surface area contributed by atoms with Crippen LogP contribution >= 0.6 is 0 Å². The second-order valence-electron chi connectivity index (χ2n) is 7.20. The number of amides is 1. The van der Waals surface area contributed by atoms with E-state index in [9.17, 15) is 9.90 Å². The van der Waals surface area contributed by atoms with Crippen LogP contribution < -0.4 is 21.3 Å². The number of hydrogen-bond donors (Lipinski definition) is 4. The van der Waals surface area contributed by atoms with Crippen LogP contribution in [-0.2, 0) is 0 Å². The Bertz CT molecular complexity index is 605. The number of benzene rings is 1. The summed E-state index contributed by atoms with van der Waals surface area (Å²) in [5, 5.41) is 15.8. The van der Waals surface area contributed by atoms with Crippen molar-refractivity contribution in [3.8, 4) is 0 Å². The molecule has 0 spiro atoms. The van der Waals surface area contributed by atoms with Crippen molar-refractivity contribution < 1.29 is 9.90 Å². The minimum absolute atomic E-state index is 0.0692. The van der Waals surface area contributed by atoms with Crippen molar-refractivity contribution in [2.75, 3.05) is 36.1 Å². The summed E-state index contributed by atoms with van der Waals surface area (Å²) in [5.41, 5.74) is 8.86. The number of aliphatic hydroxyl groups is 1. The molecular formula is C18H28N4O2. The molecule has 5 N–H and O–H groups in total. The number of carbonyl (C=O) groups is 1. The number of nitrogens with zero attached hydrogens (tertiary/aromatic N) is 1. The summed E-state index contributed by atoms with van der Waals surface area (Å²) in [6.45, 7) is 3.37. The van der Waals surface area contributed by atoms with Crippen LogP contribution in [0, 0.1) is 5.92 Å². The second-order valence-corrected chi connectivity index (χ2v) is 7.20. The zero-order valence-corrected chi connectivity index (χ0v) is 14.5. The minimum Gasteiger partial charge on any atom is -0.397 e. The summed E-state index contributed by atoms with van der Waals surface area (Å²) in [6.07, 6.45) is 4.08. The number of anilines is 3. The van der Waals surface area contributed by atoms with Crippen LogP contribution in [0.2, 0.25) is 0 Å². The molecule has 1 saturated carbocycles. The van der Waals surface area contributed by atoms with Crippen molar-refractivity contribution >= 4 is 23.0 Å². The molecule has 0 aromatic heterocycles. The Morgan fingerprint density at radius 1 is 1.25 bits per heavy atom. The molecule has 2 aliphatic rings. The third-order valence-electron chi connectivity index (χ3n) is 5.24. The van der Waals surface area contributed by atoms with E-state index in [1.807, 2.05) is 18.0 Å². The maximum atomic E-state index is 12.8. The summed E-state index contributed by atoms with van der Waals surface area (Å²) < 4.78 is 0. The number of nitrogens with two attached hydrogens (primary N) is 1. The molecule has 132 valence electrons. The second kappa shape index (κ2) is 6.89. The summed E-state index contributed by atoms with van der Waals surface area (Å²) >= 11 is 0. The largest absolute Gasteiger partial charge is 0.397 e. The van der Waals surface area contributed by atoms with E-state index in [0.29, 0.717) is 24.3 Å². The van der Waals surface area contributed by atoms with Crippen molar-refractivity contribution in [3.63, 3.8) is 0 Å². The Morgan fingerprint density at radius 2 is 1.92 bits per heavy atom. The molecule has 1 heterocycles. The predicted molar refractivity (Wildman–Crippen MR) is 97.5 cm³/mol. The first-order chi connectivity index (χ1) is 11.5. The van der Waals surface area contributed by atoms with E-state index in [0.717, 1.165) is 43.0 Å². The molecule has 0 radical (unpaired) electrons. The molecule has 1 aromatic carbocycles. The molecule has 2 fully saturated rings. The van der Waals surface area contributed by atoms with Crippen molar-refractivity contribution in [1.82, 2.24) is 5.32 Å². The molecule has 1 aliphatic carbocycles. The number of hydrogen-bond acceptors (Lipinski definition) is 5. The summed E-state index contributed by atoms with van der Waals surface area (Å²) in [4.78, 5) is 14.8. The number of carbonyl (C=O) groups excluding carboxylic acids is 1. The van der Waals surface area contributed by atoms with E-state index in [1.54, 1.807) is 6.07 Å². The molecule has 0 unspecified atom stereocenters. The first-order valence-corrected chi connectivity index (χ1v) is 8.83. The quantitative estimate of drug-likeness (QED) is 0.631.